The molecule has 9 nitrogen and oxygen atoms in total. The second-order valence-corrected chi connectivity index (χ2v) is 7.79. The van der Waals surface area contributed by atoms with Crippen LogP contribution in [0.4, 0.5) is 0 Å². The van der Waals surface area contributed by atoms with E-state index < -0.39 is 12.6 Å². The van der Waals surface area contributed by atoms with E-state index in [4.69, 9.17) is 21.4 Å². The number of halogens is 1. The van der Waals surface area contributed by atoms with Crippen LogP contribution in [-0.4, -0.2) is 45.8 Å². The lowest BCUT2D eigenvalue weighted by Crippen LogP contribution is -2.36. The van der Waals surface area contributed by atoms with Gasteiger partial charge < -0.3 is 9.84 Å². The molecule has 1 aromatic heterocycles. The molecule has 1 amide bonds. The third kappa shape index (κ3) is 6.32. The summed E-state index contributed by atoms with van der Waals surface area (Å²) >= 11 is 7.23. The predicted molar refractivity (Wildman–Crippen MR) is 121 cm³/mol. The van der Waals surface area contributed by atoms with Crippen molar-refractivity contribution in [3.8, 4) is 17.1 Å². The number of nitrogens with one attached hydrogen (secondary N) is 2. The number of rotatable bonds is 10. The fourth-order valence-corrected chi connectivity index (χ4v) is 3.68. The number of para-hydroxylation sites is 1. The van der Waals surface area contributed by atoms with Crippen LogP contribution in [0.15, 0.2) is 58.8 Å². The van der Waals surface area contributed by atoms with Crippen molar-refractivity contribution >= 4 is 41.5 Å². The molecule has 0 aliphatic rings. The minimum atomic E-state index is -1.08. The van der Waals surface area contributed by atoms with Crippen LogP contribution in [0.25, 0.3) is 11.4 Å². The summed E-state index contributed by atoms with van der Waals surface area (Å²) < 4.78 is 7.18. The van der Waals surface area contributed by atoms with Crippen molar-refractivity contribution in [3.63, 3.8) is 0 Å². The van der Waals surface area contributed by atoms with E-state index in [1.807, 2.05) is 23.6 Å². The van der Waals surface area contributed by atoms with Crippen LogP contribution in [0, 0.1) is 0 Å². The number of ether oxygens (including phenoxy) is 1. The molecule has 11 heteroatoms. The monoisotopic (exact) mass is 474 g/mol. The van der Waals surface area contributed by atoms with Gasteiger partial charge in [-0.15, -0.1) is 5.10 Å². The van der Waals surface area contributed by atoms with Crippen molar-refractivity contribution in [3.05, 3.63) is 59.1 Å². The van der Waals surface area contributed by atoms with Crippen molar-refractivity contribution in [2.24, 2.45) is 5.10 Å². The smallest absolute Gasteiger partial charge is 0.341 e. The Balaban J connectivity index is 1.58. The van der Waals surface area contributed by atoms with Crippen LogP contribution >= 0.6 is 23.4 Å². The number of carbonyl (C=O) groups excluding carboxylic acids is 1. The minimum Gasteiger partial charge on any atom is -0.481 e. The normalized spacial score (nSPS) is 10.9. The third-order valence-corrected chi connectivity index (χ3v) is 5.42. The SMILES string of the molecule is CC[n+]1c(SCC(=O)NN=Cc2ccccc2OCC(=O)O)n[nH]c1-c1ccc(Cl)cc1. The van der Waals surface area contributed by atoms with Crippen LogP contribution in [-0.2, 0) is 16.1 Å². The van der Waals surface area contributed by atoms with Gasteiger partial charge in [0.15, 0.2) is 6.61 Å². The molecule has 0 bridgehead atoms. The van der Waals surface area contributed by atoms with Crippen LogP contribution in [0.3, 0.4) is 0 Å². The topological polar surface area (TPSA) is 121 Å². The first-order chi connectivity index (χ1) is 15.5. The molecule has 0 fully saturated rings. The van der Waals surface area contributed by atoms with Gasteiger partial charge in [0, 0.05) is 10.6 Å². The predicted octanol–water partition coefficient (Wildman–Crippen LogP) is 2.74. The second kappa shape index (κ2) is 11.3. The molecule has 3 rings (SSSR count). The molecule has 2 aromatic carbocycles. The molecule has 0 atom stereocenters. The highest BCUT2D eigenvalue weighted by molar-refractivity contribution is 7.99. The third-order valence-electron chi connectivity index (χ3n) is 4.19. The summed E-state index contributed by atoms with van der Waals surface area (Å²) in [6.07, 6.45) is 1.40. The summed E-state index contributed by atoms with van der Waals surface area (Å²) in [6, 6.07) is 14.2. The number of hydrogen-bond acceptors (Lipinski definition) is 6. The van der Waals surface area contributed by atoms with Gasteiger partial charge in [-0.25, -0.2) is 14.8 Å². The van der Waals surface area contributed by atoms with E-state index in [0.29, 0.717) is 28.0 Å². The molecule has 0 radical (unpaired) electrons. The highest BCUT2D eigenvalue weighted by atomic mass is 35.5. The molecule has 0 unspecified atom stereocenters. The summed E-state index contributed by atoms with van der Waals surface area (Å²) in [5.74, 6) is -0.0993. The molecule has 0 saturated heterocycles. The number of carboxylic acid groups (broad SMARTS) is 1. The van der Waals surface area contributed by atoms with Crippen molar-refractivity contribution in [2.75, 3.05) is 12.4 Å². The number of hydrazone groups is 1. The van der Waals surface area contributed by atoms with E-state index in [2.05, 4.69) is 20.7 Å². The van der Waals surface area contributed by atoms with E-state index in [1.54, 1.807) is 36.4 Å². The van der Waals surface area contributed by atoms with Crippen molar-refractivity contribution < 1.29 is 24.0 Å². The number of aromatic amines is 1. The minimum absolute atomic E-state index is 0.111. The zero-order chi connectivity index (χ0) is 22.9. The zero-order valence-electron chi connectivity index (χ0n) is 17.1. The number of H-pyrrole nitrogens is 1. The van der Waals surface area contributed by atoms with Crippen molar-refractivity contribution in [1.29, 1.82) is 0 Å². The maximum absolute atomic E-state index is 12.2. The first-order valence-electron chi connectivity index (χ1n) is 9.60. The Labute approximate surface area is 193 Å². The number of nitrogens with zero attached hydrogens (tertiary/aromatic N) is 3. The van der Waals surface area contributed by atoms with Crippen LogP contribution in [0.1, 0.15) is 12.5 Å². The van der Waals surface area contributed by atoms with Crippen LogP contribution in [0.5, 0.6) is 5.75 Å². The van der Waals surface area contributed by atoms with Gasteiger partial charge in [-0.05, 0) is 55.1 Å². The van der Waals surface area contributed by atoms with Gasteiger partial charge in [-0.3, -0.25) is 4.79 Å². The van der Waals surface area contributed by atoms with E-state index in [-0.39, 0.29) is 11.7 Å². The Kier molecular flexibility index (Phi) is 8.23. The number of aromatic nitrogens is 3. The summed E-state index contributed by atoms with van der Waals surface area (Å²) in [7, 11) is 0. The fourth-order valence-electron chi connectivity index (χ4n) is 2.74. The first-order valence-corrected chi connectivity index (χ1v) is 11.0. The van der Waals surface area contributed by atoms with Gasteiger partial charge in [0.05, 0.1) is 29.2 Å². The van der Waals surface area contributed by atoms with Gasteiger partial charge in [0.2, 0.25) is 0 Å². The zero-order valence-corrected chi connectivity index (χ0v) is 18.7. The maximum atomic E-state index is 12.2. The van der Waals surface area contributed by atoms with Gasteiger partial charge >= 0.3 is 11.1 Å². The number of aliphatic carboxylic acids is 1. The Morgan fingerprint density at radius 1 is 1.28 bits per heavy atom. The highest BCUT2D eigenvalue weighted by Gasteiger charge is 2.21. The quantitative estimate of drug-likeness (QED) is 0.180. The lowest BCUT2D eigenvalue weighted by atomic mass is 10.2. The van der Waals surface area contributed by atoms with Gasteiger partial charge in [0.1, 0.15) is 5.75 Å². The van der Waals surface area contributed by atoms with Gasteiger partial charge in [0.25, 0.3) is 11.7 Å². The Hall–Kier alpha value is -3.37. The molecule has 1 heterocycles. The molecule has 3 N–H and O–H groups in total. The first kappa shape index (κ1) is 23.3. The van der Waals surface area contributed by atoms with Crippen LogP contribution in [0.2, 0.25) is 5.02 Å². The lowest BCUT2D eigenvalue weighted by molar-refractivity contribution is -0.719. The average molecular weight is 475 g/mol. The summed E-state index contributed by atoms with van der Waals surface area (Å²) in [4.78, 5) is 22.9. The van der Waals surface area contributed by atoms with Crippen molar-refractivity contribution in [2.45, 2.75) is 18.6 Å². The number of benzene rings is 2. The van der Waals surface area contributed by atoms with Crippen LogP contribution < -0.4 is 14.7 Å². The van der Waals surface area contributed by atoms with Gasteiger partial charge in [-0.2, -0.15) is 5.10 Å². The van der Waals surface area contributed by atoms with E-state index in [0.717, 1.165) is 11.4 Å². The largest absolute Gasteiger partial charge is 0.481 e. The molecular weight excluding hydrogens is 454 g/mol. The maximum Gasteiger partial charge on any atom is 0.341 e. The molecule has 0 spiro atoms. The number of hydrogen-bond donors (Lipinski definition) is 3. The van der Waals surface area contributed by atoms with Gasteiger partial charge in [-0.1, -0.05) is 23.7 Å². The fraction of sp³-hybridized carbons (Fsp3) is 0.190. The number of thioether (sulfide) groups is 1. The molecule has 32 heavy (non-hydrogen) atoms. The molecule has 0 aliphatic carbocycles. The van der Waals surface area contributed by atoms with E-state index >= 15 is 0 Å². The standard InChI is InChI=1S/C21H20ClN5O4S/c1-2-27-20(14-7-9-16(22)10-8-14)25-26-21(27)32-13-18(28)24-23-11-15-5-3-4-6-17(15)31-12-19(29)30/h3-11H,2,12-13H2,1H3,(H2,24,28,29,30)/p+1. The summed E-state index contributed by atoms with van der Waals surface area (Å²) in [6.45, 7) is 2.20. The van der Waals surface area contributed by atoms with E-state index in [9.17, 15) is 9.59 Å². The molecular formula is C21H21ClN5O4S+. The average Bonchev–Trinajstić information content (AvgIpc) is 3.20. The van der Waals surface area contributed by atoms with Crippen molar-refractivity contribution in [1.82, 2.24) is 15.6 Å². The summed E-state index contributed by atoms with van der Waals surface area (Å²) in [5, 5.41) is 21.3. The Morgan fingerprint density at radius 2 is 2.03 bits per heavy atom. The number of amides is 1. The molecule has 166 valence electrons. The Bertz CT molecular complexity index is 1120. The molecule has 3 aromatic rings. The lowest BCUT2D eigenvalue weighted by Gasteiger charge is -2.06. The molecule has 0 saturated carbocycles. The number of carbonyl (C=O) groups is 2. The molecule has 0 aliphatic heterocycles. The number of carboxylic acids is 1. The second-order valence-electron chi connectivity index (χ2n) is 6.41. The van der Waals surface area contributed by atoms with E-state index in [1.165, 1.54) is 18.0 Å². The highest BCUT2D eigenvalue weighted by Crippen LogP contribution is 2.20. The Morgan fingerprint density at radius 3 is 2.75 bits per heavy atom. The summed E-state index contributed by atoms with van der Waals surface area (Å²) in [5.41, 5.74) is 3.94.